The summed E-state index contributed by atoms with van der Waals surface area (Å²) in [6.07, 6.45) is -4.43. The summed E-state index contributed by atoms with van der Waals surface area (Å²) in [7, 11) is 0. The topological polar surface area (TPSA) is 58.2 Å². The molecule has 4 nitrogen and oxygen atoms in total. The third-order valence-electron chi connectivity index (χ3n) is 3.02. The van der Waals surface area contributed by atoms with Crippen molar-refractivity contribution in [3.63, 3.8) is 0 Å². The zero-order valence-electron chi connectivity index (χ0n) is 12.2. The molecule has 0 fully saturated rings. The van der Waals surface area contributed by atoms with Crippen LogP contribution < -0.4 is 10.6 Å². The summed E-state index contributed by atoms with van der Waals surface area (Å²) in [6.45, 7) is -0.287. The van der Waals surface area contributed by atoms with Crippen LogP contribution in [0, 0.1) is 3.57 Å². The van der Waals surface area contributed by atoms with E-state index >= 15 is 0 Å². The maximum Gasteiger partial charge on any atom is 0.416 e. The highest BCUT2D eigenvalue weighted by atomic mass is 127. The molecule has 0 aliphatic carbocycles. The van der Waals surface area contributed by atoms with Crippen LogP contribution in [0.1, 0.15) is 15.9 Å². The first-order valence-electron chi connectivity index (χ1n) is 6.77. The van der Waals surface area contributed by atoms with Crippen molar-refractivity contribution in [1.29, 1.82) is 0 Å². The molecule has 0 aliphatic heterocycles. The average Bonchev–Trinajstić information content (AvgIpc) is 2.53. The molecule has 2 amide bonds. The van der Waals surface area contributed by atoms with Gasteiger partial charge >= 0.3 is 6.18 Å². The van der Waals surface area contributed by atoms with Gasteiger partial charge in [-0.25, -0.2) is 0 Å². The molecule has 2 N–H and O–H groups in total. The Labute approximate surface area is 149 Å². The van der Waals surface area contributed by atoms with Gasteiger partial charge in [-0.2, -0.15) is 13.2 Å². The lowest BCUT2D eigenvalue weighted by Crippen LogP contribution is -2.33. The van der Waals surface area contributed by atoms with Crippen LogP contribution in [0.2, 0.25) is 0 Å². The Hall–Kier alpha value is -2.10. The number of hydrogen-bond donors (Lipinski definition) is 2. The number of halogens is 4. The van der Waals surface area contributed by atoms with Crippen LogP contribution >= 0.6 is 22.6 Å². The fraction of sp³-hybridized carbons (Fsp3) is 0.125. The quantitative estimate of drug-likeness (QED) is 0.702. The molecule has 0 saturated heterocycles. The van der Waals surface area contributed by atoms with Crippen molar-refractivity contribution in [2.75, 3.05) is 11.9 Å². The molecule has 2 aromatic rings. The van der Waals surface area contributed by atoms with Crippen LogP contribution in [0.5, 0.6) is 0 Å². The lowest BCUT2D eigenvalue weighted by atomic mass is 10.2. The Morgan fingerprint density at radius 2 is 1.62 bits per heavy atom. The van der Waals surface area contributed by atoms with Crippen molar-refractivity contribution in [2.45, 2.75) is 6.18 Å². The largest absolute Gasteiger partial charge is 0.416 e. The molecule has 126 valence electrons. The Bertz CT molecular complexity index is 746. The van der Waals surface area contributed by atoms with Crippen molar-refractivity contribution in [2.24, 2.45) is 0 Å². The van der Waals surface area contributed by atoms with E-state index in [2.05, 4.69) is 10.6 Å². The van der Waals surface area contributed by atoms with E-state index in [9.17, 15) is 22.8 Å². The second kappa shape index (κ2) is 7.65. The fourth-order valence-corrected chi connectivity index (χ4v) is 2.48. The number of alkyl halides is 3. The minimum atomic E-state index is -4.43. The van der Waals surface area contributed by atoms with E-state index in [4.69, 9.17) is 0 Å². The lowest BCUT2D eigenvalue weighted by Gasteiger charge is -2.10. The molecule has 0 heterocycles. The minimum absolute atomic E-state index is 0.219. The van der Waals surface area contributed by atoms with E-state index < -0.39 is 23.6 Å². The maximum atomic E-state index is 12.5. The van der Waals surface area contributed by atoms with Crippen molar-refractivity contribution < 1.29 is 22.8 Å². The van der Waals surface area contributed by atoms with E-state index in [0.29, 0.717) is 5.56 Å². The summed E-state index contributed by atoms with van der Waals surface area (Å²) in [5.41, 5.74) is -0.135. The van der Waals surface area contributed by atoms with Gasteiger partial charge in [-0.05, 0) is 59.0 Å². The zero-order chi connectivity index (χ0) is 17.7. The number of anilines is 1. The predicted molar refractivity (Wildman–Crippen MR) is 91.6 cm³/mol. The number of amides is 2. The molecule has 2 aromatic carbocycles. The maximum absolute atomic E-state index is 12.5. The number of carbonyl (C=O) groups excluding carboxylic acids is 2. The molecule has 0 spiro atoms. The highest BCUT2D eigenvalue weighted by Gasteiger charge is 2.29. The van der Waals surface area contributed by atoms with Crippen LogP contribution in [0.3, 0.4) is 0 Å². The third-order valence-corrected chi connectivity index (χ3v) is 3.96. The van der Waals surface area contributed by atoms with Gasteiger partial charge < -0.3 is 10.6 Å². The molecular weight excluding hydrogens is 436 g/mol. The van der Waals surface area contributed by atoms with Crippen LogP contribution in [0.15, 0.2) is 48.5 Å². The van der Waals surface area contributed by atoms with Gasteiger partial charge in [0.25, 0.3) is 5.91 Å². The first-order chi connectivity index (χ1) is 11.3. The molecule has 8 heteroatoms. The molecule has 0 aromatic heterocycles. The normalized spacial score (nSPS) is 11.0. The highest BCUT2D eigenvalue weighted by molar-refractivity contribution is 14.1. The average molecular weight is 448 g/mol. The van der Waals surface area contributed by atoms with Crippen molar-refractivity contribution in [3.05, 3.63) is 63.2 Å². The molecule has 0 saturated carbocycles. The van der Waals surface area contributed by atoms with Crippen molar-refractivity contribution >= 4 is 40.1 Å². The Morgan fingerprint density at radius 1 is 1.00 bits per heavy atom. The second-order valence-corrected chi connectivity index (χ2v) is 5.95. The summed E-state index contributed by atoms with van der Waals surface area (Å²) in [4.78, 5) is 23.7. The third kappa shape index (κ3) is 4.95. The Balaban J connectivity index is 1.90. The predicted octanol–water partition coefficient (Wildman–Crippen LogP) is 3.68. The van der Waals surface area contributed by atoms with Crippen molar-refractivity contribution in [3.8, 4) is 0 Å². The summed E-state index contributed by atoms with van der Waals surface area (Å²) >= 11 is 2.01. The van der Waals surface area contributed by atoms with Crippen LogP contribution in [-0.2, 0) is 11.0 Å². The summed E-state index contributed by atoms with van der Waals surface area (Å²) < 4.78 is 38.1. The summed E-state index contributed by atoms with van der Waals surface area (Å²) in [5, 5.41) is 4.88. The van der Waals surface area contributed by atoms with E-state index in [1.165, 1.54) is 0 Å². The van der Waals surface area contributed by atoms with E-state index in [1.807, 2.05) is 22.6 Å². The number of hydrogen-bond acceptors (Lipinski definition) is 2. The number of benzene rings is 2. The molecule has 0 bridgehead atoms. The zero-order valence-corrected chi connectivity index (χ0v) is 14.3. The second-order valence-electron chi connectivity index (χ2n) is 4.79. The van der Waals surface area contributed by atoms with Gasteiger partial charge in [-0.15, -0.1) is 0 Å². The molecule has 0 radical (unpaired) electrons. The van der Waals surface area contributed by atoms with Gasteiger partial charge in [-0.1, -0.05) is 12.1 Å². The van der Waals surface area contributed by atoms with Gasteiger partial charge in [0.2, 0.25) is 5.91 Å². The fourth-order valence-electron chi connectivity index (χ4n) is 1.85. The molecule has 2 rings (SSSR count). The van der Waals surface area contributed by atoms with E-state index in [0.717, 1.165) is 27.8 Å². The van der Waals surface area contributed by atoms with Crippen LogP contribution in [0.4, 0.5) is 18.9 Å². The first-order valence-corrected chi connectivity index (χ1v) is 7.85. The molecule has 0 atom stereocenters. The van der Waals surface area contributed by atoms with Gasteiger partial charge in [-0.3, -0.25) is 9.59 Å². The van der Waals surface area contributed by atoms with Crippen LogP contribution in [0.25, 0.3) is 0 Å². The number of carbonyl (C=O) groups is 2. The number of rotatable bonds is 4. The van der Waals surface area contributed by atoms with Gasteiger partial charge in [0, 0.05) is 9.26 Å². The SMILES string of the molecule is O=C(CNC(=O)c1ccccc1I)Nc1ccc(C(F)(F)F)cc1. The monoisotopic (exact) mass is 448 g/mol. The van der Waals surface area contributed by atoms with Gasteiger partial charge in [0.15, 0.2) is 0 Å². The highest BCUT2D eigenvalue weighted by Crippen LogP contribution is 2.29. The van der Waals surface area contributed by atoms with Gasteiger partial charge in [0.05, 0.1) is 17.7 Å². The molecular formula is C16H12F3IN2O2. The Kier molecular flexibility index (Phi) is 5.81. The lowest BCUT2D eigenvalue weighted by molar-refractivity contribution is -0.137. The summed E-state index contributed by atoms with van der Waals surface area (Å²) in [5.74, 6) is -0.934. The molecule has 0 aliphatic rings. The molecule has 24 heavy (non-hydrogen) atoms. The number of nitrogens with one attached hydrogen (secondary N) is 2. The summed E-state index contributed by atoms with van der Waals surface area (Å²) in [6, 6.07) is 10.9. The first kappa shape index (κ1) is 18.2. The smallest absolute Gasteiger partial charge is 0.343 e. The van der Waals surface area contributed by atoms with E-state index in [1.54, 1.807) is 24.3 Å². The van der Waals surface area contributed by atoms with Gasteiger partial charge in [0.1, 0.15) is 0 Å². The standard InChI is InChI=1S/C16H12F3IN2O2/c17-16(18,19)10-5-7-11(8-6-10)22-14(23)9-21-15(24)12-3-1-2-4-13(12)20/h1-8H,9H2,(H,21,24)(H,22,23). The molecule has 0 unspecified atom stereocenters. The van der Waals surface area contributed by atoms with E-state index in [-0.39, 0.29) is 12.2 Å². The Morgan fingerprint density at radius 3 is 2.21 bits per heavy atom. The minimum Gasteiger partial charge on any atom is -0.343 e. The van der Waals surface area contributed by atoms with Crippen molar-refractivity contribution in [1.82, 2.24) is 5.32 Å². The van der Waals surface area contributed by atoms with Crippen LogP contribution in [-0.4, -0.2) is 18.4 Å².